The summed E-state index contributed by atoms with van der Waals surface area (Å²) < 4.78 is 29.4. The van der Waals surface area contributed by atoms with Crippen LogP contribution in [0.1, 0.15) is 130 Å². The highest BCUT2D eigenvalue weighted by atomic mass is 16.8. The lowest BCUT2D eigenvalue weighted by Gasteiger charge is -2.19. The fourth-order valence-electron chi connectivity index (χ4n) is 3.12. The molecule has 0 aliphatic rings. The maximum atomic E-state index is 5.95. The summed E-state index contributed by atoms with van der Waals surface area (Å²) in [4.78, 5) is 0. The summed E-state index contributed by atoms with van der Waals surface area (Å²) in [5.74, 6) is 0. The van der Waals surface area contributed by atoms with Crippen LogP contribution in [0.4, 0.5) is 0 Å². The minimum Gasteiger partial charge on any atom is -0.399 e. The Hall–Kier alpha value is -0.0701. The van der Waals surface area contributed by atoms with E-state index in [-0.39, 0.29) is 0 Å². The fourth-order valence-corrected chi connectivity index (χ4v) is 3.12. The summed E-state index contributed by atoms with van der Waals surface area (Å²) in [6, 6.07) is 0. The average molecular weight is 442 g/mol. The molecule has 184 valence electrons. The van der Waals surface area contributed by atoms with E-state index in [1.54, 1.807) is 0 Å². The van der Waals surface area contributed by atoms with Crippen LogP contribution in [-0.4, -0.2) is 41.1 Å². The molecule has 0 aromatic carbocycles. The Morgan fingerprint density at radius 1 is 0.355 bits per heavy atom. The van der Waals surface area contributed by atoms with E-state index < -0.39 is 14.6 Å². The van der Waals surface area contributed by atoms with Gasteiger partial charge in [-0.05, 0) is 25.7 Å². The maximum absolute atomic E-state index is 5.95. The molecule has 5 nitrogen and oxygen atoms in total. The summed E-state index contributed by atoms with van der Waals surface area (Å²) in [5.41, 5.74) is 0. The summed E-state index contributed by atoms with van der Waals surface area (Å²) in [6.07, 6.45) is 18.9. The molecule has 0 aliphatic carbocycles. The first kappa shape index (κ1) is 30.9. The quantitative estimate of drug-likeness (QED) is 0.103. The molecule has 0 radical (unpaired) electrons. The van der Waals surface area contributed by atoms with Crippen molar-refractivity contribution in [3.8, 4) is 0 Å². The third-order valence-corrected chi connectivity index (χ3v) is 5.23. The van der Waals surface area contributed by atoms with Gasteiger partial charge in [0.2, 0.25) is 0 Å². The SMILES string of the molecule is CCCCCCCCOB(OCCCCCCCC)OB(OCCCC)OCCCC. The minimum atomic E-state index is -0.725. The van der Waals surface area contributed by atoms with Crippen molar-refractivity contribution in [1.82, 2.24) is 0 Å². The standard InChI is InChI=1S/C24H52B2O5/c1-5-9-13-15-17-19-23-29-26(30-24-20-18-16-14-10-6-2)31-25(27-21-11-7-3)28-22-12-8-4/h5-24H2,1-4H3. The van der Waals surface area contributed by atoms with E-state index in [1.807, 2.05) is 0 Å². The van der Waals surface area contributed by atoms with Gasteiger partial charge in [-0.25, -0.2) is 0 Å². The van der Waals surface area contributed by atoms with Crippen LogP contribution >= 0.6 is 0 Å². The molecule has 0 N–H and O–H groups in total. The van der Waals surface area contributed by atoms with Crippen LogP contribution in [0.3, 0.4) is 0 Å². The Kier molecular flexibility index (Phi) is 26.1. The number of hydrogen-bond donors (Lipinski definition) is 0. The molecule has 0 aromatic rings. The van der Waals surface area contributed by atoms with E-state index in [1.165, 1.54) is 64.2 Å². The minimum absolute atomic E-state index is 0.620. The molecular formula is C24H52B2O5. The molecule has 31 heavy (non-hydrogen) atoms. The van der Waals surface area contributed by atoms with Gasteiger partial charge >= 0.3 is 14.6 Å². The second-order valence-electron chi connectivity index (χ2n) is 8.44. The van der Waals surface area contributed by atoms with Crippen molar-refractivity contribution >= 4 is 14.6 Å². The third-order valence-electron chi connectivity index (χ3n) is 5.23. The van der Waals surface area contributed by atoms with Crippen molar-refractivity contribution in [2.75, 3.05) is 26.4 Å². The van der Waals surface area contributed by atoms with Crippen LogP contribution in [0.25, 0.3) is 0 Å². The first-order valence-corrected chi connectivity index (χ1v) is 13.4. The first-order chi connectivity index (χ1) is 15.3. The Morgan fingerprint density at radius 2 is 0.645 bits per heavy atom. The lowest BCUT2D eigenvalue weighted by atomic mass is 10.1. The van der Waals surface area contributed by atoms with Crippen LogP contribution in [0.5, 0.6) is 0 Å². The summed E-state index contributed by atoms with van der Waals surface area (Å²) >= 11 is 0. The molecule has 0 saturated carbocycles. The highest BCUT2D eigenvalue weighted by molar-refractivity contribution is 6.51. The van der Waals surface area contributed by atoms with Crippen molar-refractivity contribution in [3.05, 3.63) is 0 Å². The van der Waals surface area contributed by atoms with Crippen molar-refractivity contribution in [3.63, 3.8) is 0 Å². The number of unbranched alkanes of at least 4 members (excludes halogenated alkanes) is 12. The molecule has 0 heterocycles. The zero-order chi connectivity index (χ0) is 22.8. The molecule has 7 heteroatoms. The van der Waals surface area contributed by atoms with Crippen molar-refractivity contribution < 1.29 is 23.2 Å². The van der Waals surface area contributed by atoms with Gasteiger partial charge < -0.3 is 23.2 Å². The van der Waals surface area contributed by atoms with E-state index >= 15 is 0 Å². The highest BCUT2D eigenvalue weighted by Gasteiger charge is 2.32. The third kappa shape index (κ3) is 22.9. The van der Waals surface area contributed by atoms with E-state index in [4.69, 9.17) is 23.2 Å². The molecule has 0 saturated heterocycles. The summed E-state index contributed by atoms with van der Waals surface area (Å²) in [5, 5.41) is 0. The van der Waals surface area contributed by atoms with Crippen molar-refractivity contribution in [2.24, 2.45) is 0 Å². The highest BCUT2D eigenvalue weighted by Crippen LogP contribution is 2.09. The Morgan fingerprint density at radius 3 is 1.00 bits per heavy atom. The zero-order valence-electron chi connectivity index (χ0n) is 21.3. The molecule has 0 atom stereocenters. The number of hydrogen-bond acceptors (Lipinski definition) is 5. The predicted octanol–water partition coefficient (Wildman–Crippen LogP) is 7.36. The Labute approximate surface area is 195 Å². The lowest BCUT2D eigenvalue weighted by molar-refractivity contribution is 0.0800. The van der Waals surface area contributed by atoms with Gasteiger partial charge in [0, 0.05) is 26.4 Å². The van der Waals surface area contributed by atoms with Crippen molar-refractivity contribution in [1.29, 1.82) is 0 Å². The first-order valence-electron chi connectivity index (χ1n) is 13.4. The van der Waals surface area contributed by atoms with E-state index in [2.05, 4.69) is 27.7 Å². The monoisotopic (exact) mass is 442 g/mol. The Bertz CT molecular complexity index is 309. The molecule has 0 bridgehead atoms. The molecule has 0 fully saturated rings. The summed E-state index contributed by atoms with van der Waals surface area (Å²) in [7, 11) is -1.45. The second kappa shape index (κ2) is 26.2. The van der Waals surface area contributed by atoms with Gasteiger partial charge in [0.25, 0.3) is 0 Å². The smallest absolute Gasteiger partial charge is 0.399 e. The topological polar surface area (TPSA) is 46.2 Å². The number of rotatable bonds is 26. The van der Waals surface area contributed by atoms with Gasteiger partial charge in [-0.2, -0.15) is 0 Å². The second-order valence-corrected chi connectivity index (χ2v) is 8.44. The normalized spacial score (nSPS) is 11.2. The van der Waals surface area contributed by atoms with Crippen LogP contribution in [0.15, 0.2) is 0 Å². The van der Waals surface area contributed by atoms with Crippen LogP contribution in [0, 0.1) is 0 Å². The van der Waals surface area contributed by atoms with E-state index in [0.29, 0.717) is 26.4 Å². The van der Waals surface area contributed by atoms with E-state index in [0.717, 1.165) is 38.5 Å². The average Bonchev–Trinajstić information content (AvgIpc) is 2.77. The van der Waals surface area contributed by atoms with Crippen LogP contribution < -0.4 is 0 Å². The fraction of sp³-hybridized carbons (Fsp3) is 1.00. The van der Waals surface area contributed by atoms with Gasteiger partial charge in [0.05, 0.1) is 0 Å². The van der Waals surface area contributed by atoms with Crippen LogP contribution in [-0.2, 0) is 23.2 Å². The van der Waals surface area contributed by atoms with Gasteiger partial charge in [-0.3, -0.25) is 0 Å². The van der Waals surface area contributed by atoms with Gasteiger partial charge in [-0.15, -0.1) is 0 Å². The molecule has 0 spiro atoms. The molecule has 0 amide bonds. The predicted molar refractivity (Wildman–Crippen MR) is 133 cm³/mol. The zero-order valence-corrected chi connectivity index (χ0v) is 21.3. The largest absolute Gasteiger partial charge is 0.627 e. The molecule has 0 unspecified atom stereocenters. The van der Waals surface area contributed by atoms with Gasteiger partial charge in [-0.1, -0.05) is 105 Å². The van der Waals surface area contributed by atoms with Crippen LogP contribution in [0.2, 0.25) is 0 Å². The Balaban J connectivity index is 4.38. The van der Waals surface area contributed by atoms with Gasteiger partial charge in [0.15, 0.2) is 0 Å². The molecule has 0 aromatic heterocycles. The summed E-state index contributed by atoms with van der Waals surface area (Å²) in [6.45, 7) is 11.3. The van der Waals surface area contributed by atoms with E-state index in [9.17, 15) is 0 Å². The van der Waals surface area contributed by atoms with Crippen molar-refractivity contribution in [2.45, 2.75) is 130 Å². The molecular weight excluding hydrogens is 390 g/mol. The maximum Gasteiger partial charge on any atom is 0.627 e. The van der Waals surface area contributed by atoms with Gasteiger partial charge in [0.1, 0.15) is 0 Å². The lowest BCUT2D eigenvalue weighted by Crippen LogP contribution is -2.39. The molecule has 0 aliphatic heterocycles. The molecule has 0 rings (SSSR count).